The number of hydrogen-bond acceptors (Lipinski definition) is 3. The first-order valence-electron chi connectivity index (χ1n) is 10.2. The largest absolute Gasteiger partial charge is 0.262 e. The fourth-order valence-electron chi connectivity index (χ4n) is 3.69. The molecule has 6 nitrogen and oxygen atoms in total. The van der Waals surface area contributed by atoms with E-state index in [1.807, 2.05) is 0 Å². The highest BCUT2D eigenvalue weighted by Crippen LogP contribution is 2.34. The van der Waals surface area contributed by atoms with Crippen molar-refractivity contribution < 1.29 is 43.9 Å². The Bertz CT molecular complexity index is 1950. The van der Waals surface area contributed by atoms with E-state index in [1.165, 1.54) is 0 Å². The lowest BCUT2D eigenvalue weighted by atomic mass is 9.95. The molecular weight excluding hydrogens is 586 g/mol. The molecule has 0 bridgehead atoms. The third-order valence-electron chi connectivity index (χ3n) is 5.50. The molecule has 0 spiro atoms. The van der Waals surface area contributed by atoms with Crippen LogP contribution in [-0.2, 0) is 0 Å². The molecule has 3 aromatic rings. The van der Waals surface area contributed by atoms with Crippen molar-refractivity contribution >= 4 is 22.6 Å². The van der Waals surface area contributed by atoms with E-state index in [-0.39, 0.29) is 0 Å². The summed E-state index contributed by atoms with van der Waals surface area (Å²) in [6.07, 6.45) is 0. The third-order valence-corrected chi connectivity index (χ3v) is 5.50. The zero-order valence-electron chi connectivity index (χ0n) is 19.5. The summed E-state index contributed by atoms with van der Waals surface area (Å²) in [7, 11) is 0. The molecule has 0 aliphatic heterocycles. The Morgan fingerprint density at radius 3 is 1.33 bits per heavy atom. The summed E-state index contributed by atoms with van der Waals surface area (Å²) in [5.41, 5.74) is -15.1. The summed E-state index contributed by atoms with van der Waals surface area (Å²) in [5.74, 6) is -24.0. The Hall–Kier alpha value is -6.36. The summed E-state index contributed by atoms with van der Waals surface area (Å²) < 4.78 is 147. The highest BCUT2D eigenvalue weighted by atomic mass is 19.2. The molecule has 42 heavy (non-hydrogen) atoms. The average molecular weight is 586 g/mol. The molecule has 0 aromatic heterocycles. The molecule has 0 saturated carbocycles. The van der Waals surface area contributed by atoms with Crippen LogP contribution in [0.1, 0.15) is 22.3 Å². The molecule has 16 heteroatoms. The van der Waals surface area contributed by atoms with E-state index in [0.717, 1.165) is 18.2 Å². The van der Waals surface area contributed by atoms with Crippen molar-refractivity contribution in [3.8, 4) is 18.2 Å². The first-order chi connectivity index (χ1) is 19.8. The third kappa shape index (κ3) is 4.09. The number of benzene rings is 3. The Morgan fingerprint density at radius 1 is 0.500 bits per heavy atom. The predicted molar refractivity (Wildman–Crippen MR) is 117 cm³/mol. The molecule has 0 aliphatic carbocycles. The van der Waals surface area contributed by atoms with Gasteiger partial charge in [0.1, 0.15) is 35.4 Å². The van der Waals surface area contributed by atoms with E-state index in [4.69, 9.17) is 25.0 Å². The van der Waals surface area contributed by atoms with Gasteiger partial charge in [0, 0.05) is 10.4 Å². The van der Waals surface area contributed by atoms with Gasteiger partial charge in [-0.2, -0.15) is 15.8 Å². The monoisotopic (exact) mass is 586 g/mol. The van der Waals surface area contributed by atoms with Gasteiger partial charge in [0.2, 0.25) is 5.69 Å². The maximum absolute atomic E-state index is 15.7. The van der Waals surface area contributed by atoms with Gasteiger partial charge in [0.05, 0.1) is 42.0 Å². The van der Waals surface area contributed by atoms with Gasteiger partial charge in [-0.15, -0.1) is 0 Å². The minimum atomic E-state index is -2.48. The van der Waals surface area contributed by atoms with Crippen LogP contribution in [0.2, 0.25) is 0 Å². The molecule has 0 N–H and O–H groups in total. The molecule has 0 atom stereocenters. The van der Waals surface area contributed by atoms with Crippen LogP contribution in [0.15, 0.2) is 0 Å². The topological polar surface area (TPSA) is 84.4 Å². The number of nitriles is 3. The average Bonchev–Trinajstić information content (AvgIpc) is 2.97. The van der Waals surface area contributed by atoms with E-state index in [2.05, 4.69) is 14.5 Å². The highest BCUT2D eigenvalue weighted by molar-refractivity contribution is 5.82. The van der Waals surface area contributed by atoms with E-state index in [0.29, 0.717) is 0 Å². The molecule has 3 aromatic carbocycles. The van der Waals surface area contributed by atoms with Crippen LogP contribution in [0, 0.1) is 112 Å². The lowest BCUT2D eigenvalue weighted by Gasteiger charge is -2.12. The summed E-state index contributed by atoms with van der Waals surface area (Å²) in [4.78, 5) is 7.21. The lowest BCUT2D eigenvalue weighted by molar-refractivity contribution is 0.446. The van der Waals surface area contributed by atoms with Crippen molar-refractivity contribution in [3.05, 3.63) is 125 Å². The van der Waals surface area contributed by atoms with Crippen molar-refractivity contribution in [1.29, 1.82) is 15.8 Å². The smallest absolute Gasteiger partial charge is 0.238 e. The number of hydrogen-bond donors (Lipinski definition) is 0. The second kappa shape index (κ2) is 11.0. The van der Waals surface area contributed by atoms with Crippen LogP contribution in [0.25, 0.3) is 25.8 Å². The van der Waals surface area contributed by atoms with Gasteiger partial charge < -0.3 is 0 Å². The summed E-state index contributed by atoms with van der Waals surface area (Å²) in [6.45, 7) is 21.0. The molecule has 0 radical (unpaired) electrons. The quantitative estimate of drug-likeness (QED) is 0.219. The van der Waals surface area contributed by atoms with E-state index >= 15 is 8.78 Å². The Balaban J connectivity index is 2.81. The van der Waals surface area contributed by atoms with Crippen LogP contribution in [0.3, 0.4) is 0 Å². The van der Waals surface area contributed by atoms with Gasteiger partial charge in [0.15, 0.2) is 52.2 Å². The van der Waals surface area contributed by atoms with Gasteiger partial charge in [0.25, 0.3) is 5.69 Å². The second-order valence-corrected chi connectivity index (χ2v) is 7.48. The normalized spacial score (nSPS) is 11.7. The Kier molecular flexibility index (Phi) is 7.92. The zero-order valence-corrected chi connectivity index (χ0v) is 19.5. The van der Waals surface area contributed by atoms with Crippen LogP contribution in [-0.4, -0.2) is 0 Å². The number of halogens is 10. The summed E-state index contributed by atoms with van der Waals surface area (Å²) >= 11 is 0. The summed E-state index contributed by atoms with van der Waals surface area (Å²) in [6, 6.07) is 2.59. The molecular formula is C26F10N6. The standard InChI is InChI=1S/C26F10N6/c1-40-24(12-19(32)15(28)9(6-39)16(29)20(12)33)13-14(27)8(5-38)10(21(34)25(13)41-2)7(4-37)11-17(30)22(35)26(42-3)23(36)18(11)31. The number of nitrogens with zero attached hydrogens (tertiary/aromatic N) is 6. The van der Waals surface area contributed by atoms with Crippen molar-refractivity contribution in [2.24, 2.45) is 0 Å². The van der Waals surface area contributed by atoms with Gasteiger partial charge in [-0.1, -0.05) is 0 Å². The first-order valence-corrected chi connectivity index (χ1v) is 10.2. The maximum Gasteiger partial charge on any atom is 0.262 e. The van der Waals surface area contributed by atoms with Crippen molar-refractivity contribution in [3.63, 3.8) is 0 Å². The second-order valence-electron chi connectivity index (χ2n) is 7.48. The van der Waals surface area contributed by atoms with Gasteiger partial charge >= 0.3 is 0 Å². The lowest BCUT2D eigenvalue weighted by Crippen LogP contribution is -2.28. The molecule has 0 unspecified atom stereocenters. The van der Waals surface area contributed by atoms with Crippen LogP contribution < -0.4 is 10.4 Å². The summed E-state index contributed by atoms with van der Waals surface area (Å²) in [5, 5.41) is 24.1. The molecule has 0 saturated heterocycles. The van der Waals surface area contributed by atoms with Crippen molar-refractivity contribution in [2.75, 3.05) is 0 Å². The predicted octanol–water partition coefficient (Wildman–Crippen LogP) is 5.72. The van der Waals surface area contributed by atoms with E-state index in [9.17, 15) is 45.6 Å². The minimum Gasteiger partial charge on any atom is -0.238 e. The van der Waals surface area contributed by atoms with Gasteiger partial charge in [-0.25, -0.2) is 58.4 Å². The van der Waals surface area contributed by atoms with Crippen LogP contribution >= 0.6 is 0 Å². The fourth-order valence-corrected chi connectivity index (χ4v) is 3.69. The molecule has 0 fully saturated rings. The zero-order chi connectivity index (χ0) is 31.8. The van der Waals surface area contributed by atoms with Crippen molar-refractivity contribution in [2.45, 2.75) is 0 Å². The maximum atomic E-state index is 15.7. The first kappa shape index (κ1) is 30.2. The minimum absolute atomic E-state index is 0.790. The van der Waals surface area contributed by atoms with Gasteiger partial charge in [-0.05, 0) is 0 Å². The molecule has 0 heterocycles. The molecule has 3 rings (SSSR count). The van der Waals surface area contributed by atoms with Crippen molar-refractivity contribution in [1.82, 2.24) is 0 Å². The Morgan fingerprint density at radius 2 is 0.952 bits per heavy atom. The number of rotatable bonds is 2. The highest BCUT2D eigenvalue weighted by Gasteiger charge is 2.33. The van der Waals surface area contributed by atoms with Crippen LogP contribution in [0.4, 0.5) is 55.3 Å². The molecule has 0 amide bonds. The van der Waals surface area contributed by atoms with E-state index < -0.39 is 114 Å². The fraction of sp³-hybridized carbons (Fsp3) is 0. The van der Waals surface area contributed by atoms with Gasteiger partial charge in [-0.3, -0.25) is 0 Å². The van der Waals surface area contributed by atoms with Crippen LogP contribution in [0.5, 0.6) is 0 Å². The Labute approximate surface area is 226 Å². The van der Waals surface area contributed by atoms with E-state index in [1.54, 1.807) is 0 Å². The molecule has 204 valence electrons. The SMILES string of the molecule is [C-]#[N+]C(c1c(F)c(F)c(C#N)c(F)c1F)=c1c(F)c(C#N)c(=C(C#N)c2c(F)c(F)c([N+]#[C-])c(F)c2F)c(F)c1[N+]#[C-]. The molecule has 0 aliphatic rings.